The van der Waals surface area contributed by atoms with E-state index in [-0.39, 0.29) is 0 Å². The van der Waals surface area contributed by atoms with E-state index in [9.17, 15) is 0 Å². The Kier molecular flexibility index (Phi) is 4.71. The molecule has 1 N–H and O–H groups in total. The van der Waals surface area contributed by atoms with E-state index in [4.69, 9.17) is 16.6 Å². The number of rotatable bonds is 3. The highest BCUT2D eigenvalue weighted by molar-refractivity contribution is 6.30. The molecule has 0 bridgehead atoms. The summed E-state index contributed by atoms with van der Waals surface area (Å²) >= 11 is 6.02. The molecule has 4 nitrogen and oxygen atoms in total. The van der Waals surface area contributed by atoms with Gasteiger partial charge in [0.2, 0.25) is 5.95 Å². The summed E-state index contributed by atoms with van der Waals surface area (Å²) in [5.74, 6) is 2.37. The van der Waals surface area contributed by atoms with Gasteiger partial charge in [0.05, 0.1) is 0 Å². The Hall–Kier alpha value is -1.81. The molecule has 0 spiro atoms. The van der Waals surface area contributed by atoms with Crippen molar-refractivity contribution in [1.29, 1.82) is 0 Å². The lowest BCUT2D eigenvalue weighted by molar-refractivity contribution is 0.444. The van der Waals surface area contributed by atoms with Crippen molar-refractivity contribution in [3.05, 3.63) is 40.5 Å². The number of aryl methyl sites for hydroxylation is 2. The van der Waals surface area contributed by atoms with Gasteiger partial charge in [-0.25, -0.2) is 4.98 Å². The molecular weight excluding hydrogens is 308 g/mol. The SMILES string of the molecule is Cc1cc(N2CCCC(C)C2)nc(Nc2ccc(Cl)cc2C)n1. The van der Waals surface area contributed by atoms with Crippen LogP contribution in [0.2, 0.25) is 5.02 Å². The van der Waals surface area contributed by atoms with Crippen LogP contribution >= 0.6 is 11.6 Å². The number of aromatic nitrogens is 2. The first-order valence-corrected chi connectivity index (χ1v) is 8.53. The van der Waals surface area contributed by atoms with Crippen LogP contribution in [0.4, 0.5) is 17.5 Å². The second-order valence-corrected chi connectivity index (χ2v) is 6.91. The molecule has 0 radical (unpaired) electrons. The summed E-state index contributed by atoms with van der Waals surface area (Å²) in [6, 6.07) is 7.84. The van der Waals surface area contributed by atoms with Gasteiger partial charge in [-0.2, -0.15) is 4.98 Å². The first kappa shape index (κ1) is 16.1. The normalized spacial score (nSPS) is 18.1. The topological polar surface area (TPSA) is 41.1 Å². The molecule has 1 aromatic heterocycles. The fourth-order valence-corrected chi connectivity index (χ4v) is 3.28. The predicted molar refractivity (Wildman–Crippen MR) is 96.9 cm³/mol. The van der Waals surface area contributed by atoms with E-state index in [1.54, 1.807) is 0 Å². The molecule has 5 heteroatoms. The maximum Gasteiger partial charge on any atom is 0.229 e. The van der Waals surface area contributed by atoms with E-state index in [2.05, 4.69) is 28.2 Å². The lowest BCUT2D eigenvalue weighted by atomic mass is 10.0. The molecule has 1 aliphatic heterocycles. The highest BCUT2D eigenvalue weighted by atomic mass is 35.5. The number of piperidine rings is 1. The second-order valence-electron chi connectivity index (χ2n) is 6.47. The van der Waals surface area contributed by atoms with E-state index in [0.717, 1.165) is 40.9 Å². The molecule has 0 amide bonds. The highest BCUT2D eigenvalue weighted by Gasteiger charge is 2.18. The van der Waals surface area contributed by atoms with E-state index < -0.39 is 0 Å². The number of nitrogens with zero attached hydrogens (tertiary/aromatic N) is 3. The minimum Gasteiger partial charge on any atom is -0.356 e. The maximum atomic E-state index is 6.02. The summed E-state index contributed by atoms with van der Waals surface area (Å²) in [7, 11) is 0. The van der Waals surface area contributed by atoms with E-state index in [1.807, 2.05) is 32.0 Å². The Labute approximate surface area is 142 Å². The fraction of sp³-hybridized carbons (Fsp3) is 0.444. The quantitative estimate of drug-likeness (QED) is 0.883. The number of halogens is 1. The van der Waals surface area contributed by atoms with Crippen molar-refractivity contribution in [1.82, 2.24) is 9.97 Å². The average molecular weight is 331 g/mol. The number of nitrogens with one attached hydrogen (secondary N) is 1. The Morgan fingerprint density at radius 1 is 1.22 bits per heavy atom. The van der Waals surface area contributed by atoms with Crippen molar-refractivity contribution in [2.75, 3.05) is 23.3 Å². The first-order valence-electron chi connectivity index (χ1n) is 8.15. The zero-order chi connectivity index (χ0) is 16.4. The molecule has 2 aromatic rings. The standard InChI is InChI=1S/C18H23ClN4/c1-12-5-4-8-23(11-12)17-10-14(3)20-18(22-17)21-16-7-6-15(19)9-13(16)2/h6-7,9-10,12H,4-5,8,11H2,1-3H3,(H,20,21,22). The van der Waals surface area contributed by atoms with Crippen molar-refractivity contribution in [3.63, 3.8) is 0 Å². The third-order valence-electron chi connectivity index (χ3n) is 4.26. The third-order valence-corrected chi connectivity index (χ3v) is 4.49. The summed E-state index contributed by atoms with van der Waals surface area (Å²) in [6.07, 6.45) is 2.53. The van der Waals surface area contributed by atoms with Gasteiger partial charge in [0.15, 0.2) is 0 Å². The lowest BCUT2D eigenvalue weighted by Crippen LogP contribution is -2.35. The Morgan fingerprint density at radius 2 is 2.04 bits per heavy atom. The van der Waals surface area contributed by atoms with Crippen LogP contribution in [0.15, 0.2) is 24.3 Å². The zero-order valence-corrected chi connectivity index (χ0v) is 14.7. The van der Waals surface area contributed by atoms with Crippen molar-refractivity contribution >= 4 is 29.1 Å². The van der Waals surface area contributed by atoms with Gasteiger partial charge in [-0.3, -0.25) is 0 Å². The molecule has 23 heavy (non-hydrogen) atoms. The summed E-state index contributed by atoms with van der Waals surface area (Å²) in [6.45, 7) is 8.47. The molecule has 1 aromatic carbocycles. The van der Waals surface area contributed by atoms with E-state index >= 15 is 0 Å². The van der Waals surface area contributed by atoms with Crippen LogP contribution in [0.1, 0.15) is 31.0 Å². The predicted octanol–water partition coefficient (Wildman–Crippen LogP) is 4.73. The second kappa shape index (κ2) is 6.75. The number of hydrogen-bond donors (Lipinski definition) is 1. The molecule has 1 saturated heterocycles. The molecule has 1 atom stereocenters. The zero-order valence-electron chi connectivity index (χ0n) is 13.9. The summed E-state index contributed by atoms with van der Waals surface area (Å²) in [4.78, 5) is 11.6. The van der Waals surface area contributed by atoms with Crippen LogP contribution in [-0.2, 0) is 0 Å². The molecule has 2 heterocycles. The molecule has 1 unspecified atom stereocenters. The lowest BCUT2D eigenvalue weighted by Gasteiger charge is -2.32. The van der Waals surface area contributed by atoms with Crippen molar-refractivity contribution in [3.8, 4) is 0 Å². The monoisotopic (exact) mass is 330 g/mol. The minimum atomic E-state index is 0.642. The Bertz CT molecular complexity index is 701. The van der Waals surface area contributed by atoms with Crippen molar-refractivity contribution < 1.29 is 0 Å². The molecule has 1 aliphatic rings. The molecular formula is C18H23ClN4. The van der Waals surface area contributed by atoms with Crippen LogP contribution < -0.4 is 10.2 Å². The van der Waals surface area contributed by atoms with Crippen LogP contribution in [0.5, 0.6) is 0 Å². The number of benzene rings is 1. The maximum absolute atomic E-state index is 6.02. The van der Waals surface area contributed by atoms with Gasteiger partial charge >= 0.3 is 0 Å². The smallest absolute Gasteiger partial charge is 0.229 e. The van der Waals surface area contributed by atoms with Gasteiger partial charge in [-0.15, -0.1) is 0 Å². The third kappa shape index (κ3) is 3.94. The van der Waals surface area contributed by atoms with Crippen LogP contribution in [0.25, 0.3) is 0 Å². The van der Waals surface area contributed by atoms with Crippen LogP contribution in [0.3, 0.4) is 0 Å². The van der Waals surface area contributed by atoms with Gasteiger partial charge in [0, 0.05) is 35.6 Å². The molecule has 122 valence electrons. The van der Waals surface area contributed by atoms with Crippen LogP contribution in [0, 0.1) is 19.8 Å². The molecule has 0 aliphatic carbocycles. The number of anilines is 3. The minimum absolute atomic E-state index is 0.642. The van der Waals surface area contributed by atoms with Crippen molar-refractivity contribution in [2.45, 2.75) is 33.6 Å². The Balaban J connectivity index is 1.85. The largest absolute Gasteiger partial charge is 0.356 e. The van der Waals surface area contributed by atoms with Gasteiger partial charge < -0.3 is 10.2 Å². The van der Waals surface area contributed by atoms with E-state index in [1.165, 1.54) is 12.8 Å². The van der Waals surface area contributed by atoms with E-state index in [0.29, 0.717) is 11.9 Å². The van der Waals surface area contributed by atoms with Gasteiger partial charge in [0.1, 0.15) is 5.82 Å². The van der Waals surface area contributed by atoms with Gasteiger partial charge in [0.25, 0.3) is 0 Å². The van der Waals surface area contributed by atoms with Crippen LogP contribution in [-0.4, -0.2) is 23.1 Å². The summed E-state index contributed by atoms with van der Waals surface area (Å²) in [5, 5.41) is 4.06. The van der Waals surface area contributed by atoms with Crippen molar-refractivity contribution in [2.24, 2.45) is 5.92 Å². The molecule has 1 fully saturated rings. The summed E-state index contributed by atoms with van der Waals surface area (Å²) < 4.78 is 0. The van der Waals surface area contributed by atoms with Gasteiger partial charge in [-0.05, 0) is 56.4 Å². The van der Waals surface area contributed by atoms with Gasteiger partial charge in [-0.1, -0.05) is 18.5 Å². The molecule has 0 saturated carbocycles. The summed E-state index contributed by atoms with van der Waals surface area (Å²) in [5.41, 5.74) is 3.04. The first-order chi connectivity index (χ1) is 11.0. The fourth-order valence-electron chi connectivity index (χ4n) is 3.06. The molecule has 3 rings (SSSR count). The average Bonchev–Trinajstić information content (AvgIpc) is 2.50. The number of hydrogen-bond acceptors (Lipinski definition) is 4. The highest BCUT2D eigenvalue weighted by Crippen LogP contribution is 2.25. The Morgan fingerprint density at radius 3 is 2.78 bits per heavy atom.